The Morgan fingerprint density at radius 2 is 1.87 bits per heavy atom. The summed E-state index contributed by atoms with van der Waals surface area (Å²) in [5.74, 6) is -0.218. The largest absolute Gasteiger partial charge is 0.494 e. The molecular weight excluding hydrogens is 321 g/mol. The molecule has 0 fully saturated rings. The number of halogens is 1. The summed E-state index contributed by atoms with van der Waals surface area (Å²) in [6, 6.07) is 10.0. The Hall–Kier alpha value is -2.28. The quantitative estimate of drug-likeness (QED) is 0.876. The van der Waals surface area contributed by atoms with E-state index in [1.165, 1.54) is 19.2 Å². The third-order valence-corrected chi connectivity index (χ3v) is 4.27. The van der Waals surface area contributed by atoms with E-state index in [0.29, 0.717) is 11.4 Å². The van der Waals surface area contributed by atoms with Gasteiger partial charge in [0.2, 0.25) is 0 Å². The molecule has 5 nitrogen and oxygen atoms in total. The van der Waals surface area contributed by atoms with E-state index in [0.717, 1.165) is 6.07 Å². The third-order valence-electron chi connectivity index (χ3n) is 2.89. The van der Waals surface area contributed by atoms with E-state index >= 15 is 0 Å². The molecule has 0 amide bonds. The number of benzene rings is 2. The van der Waals surface area contributed by atoms with Gasteiger partial charge in [-0.1, -0.05) is 6.07 Å². The van der Waals surface area contributed by atoms with Crippen LogP contribution in [0.4, 0.5) is 10.1 Å². The summed E-state index contributed by atoms with van der Waals surface area (Å²) in [5, 5.41) is 0. The summed E-state index contributed by atoms with van der Waals surface area (Å²) in [6.45, 7) is 3.74. The van der Waals surface area contributed by atoms with Crippen molar-refractivity contribution in [2.24, 2.45) is 0 Å². The molecule has 0 heterocycles. The van der Waals surface area contributed by atoms with E-state index in [2.05, 4.69) is 4.72 Å². The molecule has 0 spiro atoms. The van der Waals surface area contributed by atoms with Crippen LogP contribution in [-0.4, -0.2) is 21.6 Å². The van der Waals surface area contributed by atoms with Crippen LogP contribution in [0, 0.1) is 5.82 Å². The zero-order chi connectivity index (χ0) is 17.0. The molecule has 23 heavy (non-hydrogen) atoms. The van der Waals surface area contributed by atoms with Crippen LogP contribution in [0.25, 0.3) is 0 Å². The van der Waals surface area contributed by atoms with E-state index in [-0.39, 0.29) is 16.7 Å². The van der Waals surface area contributed by atoms with Gasteiger partial charge in [0.25, 0.3) is 10.0 Å². The molecule has 0 saturated carbocycles. The summed E-state index contributed by atoms with van der Waals surface area (Å²) in [4.78, 5) is -0.189. The van der Waals surface area contributed by atoms with Gasteiger partial charge in [-0.25, -0.2) is 12.8 Å². The Morgan fingerprint density at radius 1 is 1.13 bits per heavy atom. The van der Waals surface area contributed by atoms with Crippen LogP contribution in [0.15, 0.2) is 47.4 Å². The molecule has 2 rings (SSSR count). The predicted octanol–water partition coefficient (Wildman–Crippen LogP) is 3.42. The molecule has 0 aliphatic rings. The second kappa shape index (κ2) is 6.87. The van der Waals surface area contributed by atoms with Gasteiger partial charge in [0.15, 0.2) is 11.6 Å². The SMILES string of the molecule is COc1ccc(S(=O)(=O)Nc2cccc(OC(C)C)c2)cc1F. The normalized spacial score (nSPS) is 11.3. The van der Waals surface area contributed by atoms with Crippen molar-refractivity contribution < 1.29 is 22.3 Å². The molecule has 0 unspecified atom stereocenters. The molecule has 0 aromatic heterocycles. The van der Waals surface area contributed by atoms with Gasteiger partial charge in [-0.15, -0.1) is 0 Å². The van der Waals surface area contributed by atoms with Crippen LogP contribution >= 0.6 is 0 Å². The number of sulfonamides is 1. The van der Waals surface area contributed by atoms with Gasteiger partial charge in [-0.2, -0.15) is 0 Å². The first-order chi connectivity index (χ1) is 10.8. The fourth-order valence-corrected chi connectivity index (χ4v) is 2.99. The predicted molar refractivity (Wildman–Crippen MR) is 86.0 cm³/mol. The molecule has 2 aromatic carbocycles. The van der Waals surface area contributed by atoms with Crippen LogP contribution < -0.4 is 14.2 Å². The lowest BCUT2D eigenvalue weighted by atomic mass is 10.3. The smallest absolute Gasteiger partial charge is 0.262 e. The van der Waals surface area contributed by atoms with Crippen molar-refractivity contribution in [1.82, 2.24) is 0 Å². The lowest BCUT2D eigenvalue weighted by Gasteiger charge is -2.12. The maximum atomic E-state index is 13.7. The van der Waals surface area contributed by atoms with E-state index in [1.54, 1.807) is 24.3 Å². The maximum Gasteiger partial charge on any atom is 0.262 e. The fraction of sp³-hybridized carbons (Fsp3) is 0.250. The number of anilines is 1. The molecule has 0 atom stereocenters. The van der Waals surface area contributed by atoms with Crippen LogP contribution in [0.3, 0.4) is 0 Å². The van der Waals surface area contributed by atoms with Gasteiger partial charge in [0, 0.05) is 6.07 Å². The summed E-state index contributed by atoms with van der Waals surface area (Å²) >= 11 is 0. The van der Waals surface area contributed by atoms with Crippen molar-refractivity contribution in [2.45, 2.75) is 24.8 Å². The second-order valence-corrected chi connectivity index (χ2v) is 6.78. The zero-order valence-electron chi connectivity index (χ0n) is 13.0. The first kappa shape index (κ1) is 17.1. The maximum absolute atomic E-state index is 13.7. The minimum absolute atomic E-state index is 0.0173. The van der Waals surface area contributed by atoms with Crippen LogP contribution in [-0.2, 0) is 10.0 Å². The fourth-order valence-electron chi connectivity index (χ4n) is 1.93. The Balaban J connectivity index is 2.26. The monoisotopic (exact) mass is 339 g/mol. The van der Waals surface area contributed by atoms with Gasteiger partial charge in [0.05, 0.1) is 23.8 Å². The molecule has 2 aromatic rings. The average Bonchev–Trinajstić information content (AvgIpc) is 2.46. The standard InChI is InChI=1S/C16H18FNO4S/c1-11(2)22-13-6-4-5-12(9-13)18-23(19,20)14-7-8-16(21-3)15(17)10-14/h4-11,18H,1-3H3. The Bertz CT molecular complexity index is 790. The number of rotatable bonds is 6. The van der Waals surface area contributed by atoms with Gasteiger partial charge < -0.3 is 9.47 Å². The molecule has 0 saturated heterocycles. The number of nitrogens with one attached hydrogen (secondary N) is 1. The van der Waals surface area contributed by atoms with E-state index in [4.69, 9.17) is 9.47 Å². The molecular formula is C16H18FNO4S. The van der Waals surface area contributed by atoms with Crippen molar-refractivity contribution in [3.05, 3.63) is 48.3 Å². The number of hydrogen-bond acceptors (Lipinski definition) is 4. The van der Waals surface area contributed by atoms with Crippen molar-refractivity contribution in [2.75, 3.05) is 11.8 Å². The number of methoxy groups -OCH3 is 1. The average molecular weight is 339 g/mol. The lowest BCUT2D eigenvalue weighted by Crippen LogP contribution is -2.13. The summed E-state index contributed by atoms with van der Waals surface area (Å²) in [6.07, 6.45) is -0.0301. The minimum atomic E-state index is -3.91. The summed E-state index contributed by atoms with van der Waals surface area (Å²) in [5.41, 5.74) is 0.333. The summed E-state index contributed by atoms with van der Waals surface area (Å²) in [7, 11) is -2.60. The topological polar surface area (TPSA) is 64.6 Å². The lowest BCUT2D eigenvalue weighted by molar-refractivity contribution is 0.242. The number of hydrogen-bond donors (Lipinski definition) is 1. The van der Waals surface area contributed by atoms with Gasteiger partial charge >= 0.3 is 0 Å². The van der Waals surface area contributed by atoms with Crippen molar-refractivity contribution >= 4 is 15.7 Å². The van der Waals surface area contributed by atoms with Gasteiger partial charge in [-0.05, 0) is 44.2 Å². The van der Waals surface area contributed by atoms with Crippen LogP contribution in [0.1, 0.15) is 13.8 Å². The highest BCUT2D eigenvalue weighted by Gasteiger charge is 2.17. The Morgan fingerprint density at radius 3 is 2.48 bits per heavy atom. The van der Waals surface area contributed by atoms with E-state index in [1.807, 2.05) is 13.8 Å². The molecule has 7 heteroatoms. The molecule has 1 N–H and O–H groups in total. The number of ether oxygens (including phenoxy) is 2. The van der Waals surface area contributed by atoms with E-state index < -0.39 is 15.8 Å². The first-order valence-electron chi connectivity index (χ1n) is 6.95. The van der Waals surface area contributed by atoms with Crippen molar-refractivity contribution in [3.8, 4) is 11.5 Å². The molecule has 0 bridgehead atoms. The summed E-state index contributed by atoms with van der Waals surface area (Å²) < 4.78 is 51.0. The van der Waals surface area contributed by atoms with Crippen LogP contribution in [0.2, 0.25) is 0 Å². The highest BCUT2D eigenvalue weighted by atomic mass is 32.2. The third kappa shape index (κ3) is 4.35. The molecule has 124 valence electrons. The van der Waals surface area contributed by atoms with Crippen molar-refractivity contribution in [1.29, 1.82) is 0 Å². The van der Waals surface area contributed by atoms with Crippen LogP contribution in [0.5, 0.6) is 11.5 Å². The Kier molecular flexibility index (Phi) is 5.10. The molecule has 0 aliphatic heterocycles. The van der Waals surface area contributed by atoms with E-state index in [9.17, 15) is 12.8 Å². The van der Waals surface area contributed by atoms with Gasteiger partial charge in [-0.3, -0.25) is 4.72 Å². The molecule has 0 aliphatic carbocycles. The second-order valence-electron chi connectivity index (χ2n) is 5.10. The highest BCUT2D eigenvalue weighted by Crippen LogP contribution is 2.24. The van der Waals surface area contributed by atoms with Gasteiger partial charge in [0.1, 0.15) is 5.75 Å². The van der Waals surface area contributed by atoms with Crippen molar-refractivity contribution in [3.63, 3.8) is 0 Å². The zero-order valence-corrected chi connectivity index (χ0v) is 13.9. The Labute approximate surface area is 135 Å². The molecule has 0 radical (unpaired) electrons. The highest BCUT2D eigenvalue weighted by molar-refractivity contribution is 7.92. The minimum Gasteiger partial charge on any atom is -0.494 e. The first-order valence-corrected chi connectivity index (χ1v) is 8.43.